The number of amides is 1. The third kappa shape index (κ3) is 2.96. The summed E-state index contributed by atoms with van der Waals surface area (Å²) < 4.78 is 1.26. The van der Waals surface area contributed by atoms with Crippen LogP contribution in [-0.4, -0.2) is 30.9 Å². The Morgan fingerprint density at radius 3 is 2.52 bits per heavy atom. The van der Waals surface area contributed by atoms with Gasteiger partial charge in [0.2, 0.25) is 11.9 Å². The van der Waals surface area contributed by atoms with E-state index in [9.17, 15) is 4.79 Å². The number of hydrogen-bond acceptors (Lipinski definition) is 3. The molecule has 2 aliphatic rings. The minimum absolute atomic E-state index is 0.0661. The number of nitrogens with zero attached hydrogens (tertiary/aromatic N) is 2. The van der Waals surface area contributed by atoms with Gasteiger partial charge in [-0.2, -0.15) is 0 Å². The lowest BCUT2D eigenvalue weighted by atomic mass is 9.73. The zero-order valence-corrected chi connectivity index (χ0v) is 17.8. The molecule has 2 fully saturated rings. The third-order valence-electron chi connectivity index (χ3n) is 6.43. The van der Waals surface area contributed by atoms with Gasteiger partial charge in [-0.25, -0.2) is 0 Å². The SMILES string of the molecule is CN=C1N[C@](C)(c2ccc3sccc3c2)[C@@H](c2ccc(C3CC3)cc2)C(=O)N1C. The number of likely N-dealkylation sites (N-methyl/N-ethyl adjacent to an activating group) is 1. The van der Waals surface area contributed by atoms with Gasteiger partial charge in [0, 0.05) is 18.8 Å². The number of thiophene rings is 1. The predicted octanol–water partition coefficient (Wildman–Crippen LogP) is 4.83. The van der Waals surface area contributed by atoms with Crippen LogP contribution in [0.2, 0.25) is 0 Å². The van der Waals surface area contributed by atoms with Crippen LogP contribution in [0.15, 0.2) is 58.9 Å². The topological polar surface area (TPSA) is 44.7 Å². The lowest BCUT2D eigenvalue weighted by Gasteiger charge is -2.46. The maximum Gasteiger partial charge on any atom is 0.239 e. The van der Waals surface area contributed by atoms with E-state index in [-0.39, 0.29) is 11.8 Å². The van der Waals surface area contributed by atoms with E-state index in [0.29, 0.717) is 11.9 Å². The van der Waals surface area contributed by atoms with Gasteiger partial charge in [0.25, 0.3) is 0 Å². The van der Waals surface area contributed by atoms with Crippen LogP contribution in [0.1, 0.15) is 48.3 Å². The quantitative estimate of drug-likeness (QED) is 0.681. The maximum atomic E-state index is 13.5. The van der Waals surface area contributed by atoms with Crippen molar-refractivity contribution >= 4 is 33.3 Å². The average Bonchev–Trinajstić information content (AvgIpc) is 3.48. The molecule has 0 spiro atoms. The molecule has 5 heteroatoms. The number of guanidine groups is 1. The highest BCUT2D eigenvalue weighted by molar-refractivity contribution is 7.17. The molecule has 1 saturated heterocycles. The normalized spacial score (nSPS) is 26.2. The van der Waals surface area contributed by atoms with Crippen LogP contribution >= 0.6 is 11.3 Å². The summed E-state index contributed by atoms with van der Waals surface area (Å²) in [4.78, 5) is 19.5. The van der Waals surface area contributed by atoms with Crippen LogP contribution < -0.4 is 5.32 Å². The lowest BCUT2D eigenvalue weighted by molar-refractivity contribution is -0.131. The van der Waals surface area contributed by atoms with Crippen molar-refractivity contribution in [3.05, 3.63) is 70.6 Å². The largest absolute Gasteiger partial charge is 0.345 e. The van der Waals surface area contributed by atoms with Crippen molar-refractivity contribution < 1.29 is 4.79 Å². The highest BCUT2D eigenvalue weighted by Gasteiger charge is 2.48. The zero-order valence-electron chi connectivity index (χ0n) is 17.0. The molecule has 1 aliphatic carbocycles. The molecule has 5 rings (SSSR count). The highest BCUT2D eigenvalue weighted by Crippen LogP contribution is 2.44. The Morgan fingerprint density at radius 2 is 1.83 bits per heavy atom. The van der Waals surface area contributed by atoms with Gasteiger partial charge in [-0.15, -0.1) is 11.3 Å². The van der Waals surface area contributed by atoms with E-state index in [2.05, 4.69) is 71.1 Å². The van der Waals surface area contributed by atoms with Crippen molar-refractivity contribution in [1.82, 2.24) is 10.2 Å². The van der Waals surface area contributed by atoms with Gasteiger partial charge in [0.15, 0.2) is 0 Å². The number of carbonyl (C=O) groups is 1. The maximum absolute atomic E-state index is 13.5. The first-order valence-corrected chi connectivity index (χ1v) is 11.0. The first-order chi connectivity index (χ1) is 14.0. The molecule has 2 heterocycles. The van der Waals surface area contributed by atoms with Crippen LogP contribution in [0.4, 0.5) is 0 Å². The number of aliphatic imine (C=N–C) groups is 1. The monoisotopic (exact) mass is 403 g/mol. The van der Waals surface area contributed by atoms with E-state index >= 15 is 0 Å². The Morgan fingerprint density at radius 1 is 1.10 bits per heavy atom. The summed E-state index contributed by atoms with van der Waals surface area (Å²) in [5.74, 6) is 1.05. The molecule has 1 aliphatic heterocycles. The molecular weight excluding hydrogens is 378 g/mol. The molecule has 29 heavy (non-hydrogen) atoms. The number of rotatable bonds is 3. The number of nitrogens with one attached hydrogen (secondary N) is 1. The predicted molar refractivity (Wildman–Crippen MR) is 120 cm³/mol. The molecule has 3 aromatic rings. The molecule has 2 atom stereocenters. The molecule has 1 amide bonds. The average molecular weight is 404 g/mol. The van der Waals surface area contributed by atoms with E-state index in [0.717, 1.165) is 11.1 Å². The fourth-order valence-corrected chi connectivity index (χ4v) is 5.29. The molecule has 0 bridgehead atoms. The molecule has 2 aromatic carbocycles. The van der Waals surface area contributed by atoms with E-state index in [1.54, 1.807) is 30.3 Å². The minimum atomic E-state index is -0.588. The van der Waals surface area contributed by atoms with Gasteiger partial charge in [0.05, 0.1) is 11.5 Å². The Bertz CT molecular complexity index is 1110. The molecular formula is C24H25N3OS. The molecule has 0 radical (unpaired) electrons. The van der Waals surface area contributed by atoms with Crippen molar-refractivity contribution in [2.45, 2.75) is 37.1 Å². The summed E-state index contributed by atoms with van der Waals surface area (Å²) in [6.45, 7) is 2.12. The van der Waals surface area contributed by atoms with Gasteiger partial charge >= 0.3 is 0 Å². The van der Waals surface area contributed by atoms with Crippen molar-refractivity contribution in [2.75, 3.05) is 14.1 Å². The van der Waals surface area contributed by atoms with Gasteiger partial charge in [-0.05, 0) is 71.3 Å². The summed E-state index contributed by atoms with van der Waals surface area (Å²) >= 11 is 1.74. The number of fused-ring (bicyclic) bond motifs is 1. The van der Waals surface area contributed by atoms with E-state index in [1.807, 2.05) is 0 Å². The Kier molecular flexibility index (Phi) is 4.24. The van der Waals surface area contributed by atoms with E-state index < -0.39 is 5.54 Å². The second-order valence-corrected chi connectivity index (χ2v) is 9.27. The van der Waals surface area contributed by atoms with Gasteiger partial charge < -0.3 is 5.32 Å². The second kappa shape index (κ2) is 6.70. The van der Waals surface area contributed by atoms with Crippen molar-refractivity contribution in [1.29, 1.82) is 0 Å². The van der Waals surface area contributed by atoms with Crippen LogP contribution in [0, 0.1) is 0 Å². The Labute approximate surface area is 175 Å². The minimum Gasteiger partial charge on any atom is -0.345 e. The zero-order chi connectivity index (χ0) is 20.2. The summed E-state index contributed by atoms with van der Waals surface area (Å²) in [6, 6.07) is 17.3. The summed E-state index contributed by atoms with van der Waals surface area (Å²) in [5.41, 5.74) is 2.94. The van der Waals surface area contributed by atoms with Crippen LogP contribution in [-0.2, 0) is 10.3 Å². The lowest BCUT2D eigenvalue weighted by Crippen LogP contribution is -2.62. The van der Waals surface area contributed by atoms with Crippen molar-refractivity contribution in [2.24, 2.45) is 4.99 Å². The fraction of sp³-hybridized carbons (Fsp3) is 0.333. The van der Waals surface area contributed by atoms with Gasteiger partial charge in [-0.3, -0.25) is 14.7 Å². The smallest absolute Gasteiger partial charge is 0.239 e. The van der Waals surface area contributed by atoms with E-state index in [4.69, 9.17) is 0 Å². The molecule has 1 saturated carbocycles. The molecule has 1 N–H and O–H groups in total. The standard InChI is InChI=1S/C24H25N3OS/c1-24(19-10-11-20-18(14-19)12-13-29-20)21(22(28)27(3)23(25-2)26-24)17-8-6-16(7-9-17)15-4-5-15/h6-15,21H,4-5H2,1-3H3,(H,25,26)/t21-,24+/m0/s1. The third-order valence-corrected chi connectivity index (χ3v) is 7.32. The van der Waals surface area contributed by atoms with Crippen molar-refractivity contribution in [3.63, 3.8) is 0 Å². The molecule has 4 nitrogen and oxygen atoms in total. The van der Waals surface area contributed by atoms with Crippen LogP contribution in [0.5, 0.6) is 0 Å². The highest BCUT2D eigenvalue weighted by atomic mass is 32.1. The summed E-state index contributed by atoms with van der Waals surface area (Å²) in [5, 5.41) is 6.91. The first kappa shape index (κ1) is 18.4. The number of hydrogen-bond donors (Lipinski definition) is 1. The van der Waals surface area contributed by atoms with E-state index in [1.165, 1.54) is 28.5 Å². The van der Waals surface area contributed by atoms with Crippen LogP contribution in [0.3, 0.4) is 0 Å². The van der Waals surface area contributed by atoms with Gasteiger partial charge in [-0.1, -0.05) is 30.3 Å². The van der Waals surface area contributed by atoms with Gasteiger partial charge in [0.1, 0.15) is 0 Å². The molecule has 148 valence electrons. The Hall–Kier alpha value is -2.66. The first-order valence-electron chi connectivity index (χ1n) is 10.1. The fourth-order valence-electron chi connectivity index (χ4n) is 4.52. The molecule has 1 aromatic heterocycles. The second-order valence-electron chi connectivity index (χ2n) is 8.32. The summed E-state index contributed by atoms with van der Waals surface area (Å²) in [7, 11) is 3.52. The summed E-state index contributed by atoms with van der Waals surface area (Å²) in [6.07, 6.45) is 2.56. The number of benzene rings is 2. The Balaban J connectivity index is 1.64. The molecule has 0 unspecified atom stereocenters. The number of carbonyl (C=O) groups excluding carboxylic acids is 1. The van der Waals surface area contributed by atoms with Crippen LogP contribution in [0.25, 0.3) is 10.1 Å². The van der Waals surface area contributed by atoms with Crippen molar-refractivity contribution in [3.8, 4) is 0 Å².